The van der Waals surface area contributed by atoms with Gasteiger partial charge in [0.15, 0.2) is 0 Å². The Morgan fingerprint density at radius 1 is 1.22 bits per heavy atom. The Labute approximate surface area is 162 Å². The molecule has 1 fully saturated rings. The third kappa shape index (κ3) is 3.79. The molecule has 27 heavy (non-hydrogen) atoms. The molecular weight excluding hydrogens is 364 g/mol. The van der Waals surface area contributed by atoms with E-state index >= 15 is 0 Å². The number of aliphatic hydroxyl groups is 2. The van der Waals surface area contributed by atoms with Crippen molar-refractivity contribution in [2.45, 2.75) is 37.3 Å². The molecule has 1 amide bonds. The summed E-state index contributed by atoms with van der Waals surface area (Å²) >= 11 is 1.39. The molecule has 4 atom stereocenters. The minimum atomic E-state index is -0.788. The van der Waals surface area contributed by atoms with Gasteiger partial charge in [-0.1, -0.05) is 30.3 Å². The quantitative estimate of drug-likeness (QED) is 0.713. The standard InChI is InChI=1S/C20H24N2O4S/c23-12-16-19(24)18(22-8-7-13-4-1-2-5-14(13)11-22)15(26-16)10-21-20(25)17-6-3-9-27-17/h1-6,9,15-16,18-19,23-24H,7-8,10-12H2,(H,21,25). The fraction of sp³-hybridized carbons (Fsp3) is 0.450. The Morgan fingerprint density at radius 2 is 2.04 bits per heavy atom. The lowest BCUT2D eigenvalue weighted by atomic mass is 9.95. The lowest BCUT2D eigenvalue weighted by Gasteiger charge is -2.37. The molecule has 3 heterocycles. The molecule has 0 spiro atoms. The zero-order chi connectivity index (χ0) is 18.8. The van der Waals surface area contributed by atoms with Crippen molar-refractivity contribution >= 4 is 17.2 Å². The first-order valence-electron chi connectivity index (χ1n) is 9.24. The van der Waals surface area contributed by atoms with Crippen LogP contribution in [0.5, 0.6) is 0 Å². The molecule has 6 nitrogen and oxygen atoms in total. The molecule has 0 bridgehead atoms. The maximum atomic E-state index is 12.3. The smallest absolute Gasteiger partial charge is 0.261 e. The molecule has 1 aromatic heterocycles. The Bertz CT molecular complexity index is 782. The van der Waals surface area contributed by atoms with Crippen molar-refractivity contribution in [2.24, 2.45) is 0 Å². The largest absolute Gasteiger partial charge is 0.394 e. The van der Waals surface area contributed by atoms with E-state index in [4.69, 9.17) is 4.74 Å². The van der Waals surface area contributed by atoms with Gasteiger partial charge in [-0.2, -0.15) is 0 Å². The average Bonchev–Trinajstić information content (AvgIpc) is 3.34. The van der Waals surface area contributed by atoms with Crippen LogP contribution >= 0.6 is 11.3 Å². The Kier molecular flexibility index (Phi) is 5.56. The second-order valence-corrected chi connectivity index (χ2v) is 8.00. The van der Waals surface area contributed by atoms with Crippen LogP contribution in [0.25, 0.3) is 0 Å². The van der Waals surface area contributed by atoms with Gasteiger partial charge in [0.2, 0.25) is 0 Å². The van der Waals surface area contributed by atoms with Crippen LogP contribution in [0.1, 0.15) is 20.8 Å². The number of amides is 1. The number of ether oxygens (including phenoxy) is 1. The summed E-state index contributed by atoms with van der Waals surface area (Å²) in [4.78, 5) is 15.1. The maximum absolute atomic E-state index is 12.3. The number of carbonyl (C=O) groups excluding carboxylic acids is 1. The van der Waals surface area contributed by atoms with Gasteiger partial charge in [-0.25, -0.2) is 0 Å². The molecule has 0 saturated carbocycles. The summed E-state index contributed by atoms with van der Waals surface area (Å²) in [5, 5.41) is 25.1. The van der Waals surface area contributed by atoms with Crippen molar-refractivity contribution in [3.63, 3.8) is 0 Å². The molecule has 4 rings (SSSR count). The number of carbonyl (C=O) groups is 1. The minimum absolute atomic E-state index is 0.140. The van der Waals surface area contributed by atoms with Gasteiger partial charge in [0, 0.05) is 19.6 Å². The fourth-order valence-electron chi connectivity index (χ4n) is 4.06. The van der Waals surface area contributed by atoms with Crippen LogP contribution in [0.15, 0.2) is 41.8 Å². The molecule has 3 N–H and O–H groups in total. The highest BCUT2D eigenvalue weighted by molar-refractivity contribution is 7.12. The number of nitrogens with zero attached hydrogens (tertiary/aromatic N) is 1. The Balaban J connectivity index is 1.47. The van der Waals surface area contributed by atoms with Crippen molar-refractivity contribution in [1.82, 2.24) is 10.2 Å². The summed E-state index contributed by atoms with van der Waals surface area (Å²) in [7, 11) is 0. The number of nitrogens with one attached hydrogen (secondary N) is 1. The average molecular weight is 388 g/mol. The van der Waals surface area contributed by atoms with Crippen molar-refractivity contribution in [1.29, 1.82) is 0 Å². The van der Waals surface area contributed by atoms with Crippen LogP contribution in [0, 0.1) is 0 Å². The SMILES string of the molecule is O=C(NCC1OC(CO)C(O)C1N1CCc2ccccc2C1)c1cccs1. The molecule has 2 aromatic rings. The zero-order valence-electron chi connectivity index (χ0n) is 15.0. The molecule has 2 aliphatic heterocycles. The van der Waals surface area contributed by atoms with Crippen LogP contribution in [0.3, 0.4) is 0 Å². The second-order valence-electron chi connectivity index (χ2n) is 7.05. The van der Waals surface area contributed by atoms with Crippen molar-refractivity contribution in [3.05, 3.63) is 57.8 Å². The van der Waals surface area contributed by atoms with Crippen LogP contribution in [0.4, 0.5) is 0 Å². The lowest BCUT2D eigenvalue weighted by molar-refractivity contribution is -0.0209. The summed E-state index contributed by atoms with van der Waals surface area (Å²) in [6.45, 7) is 1.61. The number of hydrogen-bond donors (Lipinski definition) is 3. The number of benzene rings is 1. The first kappa shape index (κ1) is 18.6. The molecule has 1 aromatic carbocycles. The molecule has 0 aliphatic carbocycles. The molecule has 144 valence electrons. The molecule has 7 heteroatoms. The van der Waals surface area contributed by atoms with E-state index in [9.17, 15) is 15.0 Å². The van der Waals surface area contributed by atoms with Gasteiger partial charge in [-0.05, 0) is 29.0 Å². The van der Waals surface area contributed by atoms with Gasteiger partial charge in [-0.15, -0.1) is 11.3 Å². The highest BCUT2D eigenvalue weighted by Crippen LogP contribution is 2.30. The highest BCUT2D eigenvalue weighted by Gasteiger charge is 2.46. The van der Waals surface area contributed by atoms with Crippen molar-refractivity contribution < 1.29 is 19.7 Å². The Hall–Kier alpha value is -1.77. The molecule has 1 saturated heterocycles. The predicted molar refractivity (Wildman–Crippen MR) is 103 cm³/mol. The van der Waals surface area contributed by atoms with Crippen LogP contribution in [0.2, 0.25) is 0 Å². The third-order valence-electron chi connectivity index (χ3n) is 5.43. The van der Waals surface area contributed by atoms with E-state index in [1.54, 1.807) is 6.07 Å². The second kappa shape index (κ2) is 8.08. The van der Waals surface area contributed by atoms with E-state index in [-0.39, 0.29) is 24.7 Å². The van der Waals surface area contributed by atoms with Gasteiger partial charge in [0.25, 0.3) is 5.91 Å². The van der Waals surface area contributed by atoms with Crippen LogP contribution in [-0.2, 0) is 17.7 Å². The van der Waals surface area contributed by atoms with Gasteiger partial charge in [0.05, 0.1) is 23.6 Å². The highest BCUT2D eigenvalue weighted by atomic mass is 32.1. The number of hydrogen-bond acceptors (Lipinski definition) is 6. The summed E-state index contributed by atoms with van der Waals surface area (Å²) in [5.74, 6) is -0.140. The molecule has 2 aliphatic rings. The monoisotopic (exact) mass is 388 g/mol. The first-order valence-corrected chi connectivity index (χ1v) is 10.1. The third-order valence-corrected chi connectivity index (χ3v) is 6.30. The maximum Gasteiger partial charge on any atom is 0.261 e. The van der Waals surface area contributed by atoms with Gasteiger partial charge < -0.3 is 20.3 Å². The van der Waals surface area contributed by atoms with Crippen molar-refractivity contribution in [2.75, 3.05) is 19.7 Å². The normalized spacial score (nSPS) is 28.1. The number of rotatable bonds is 5. The summed E-state index contributed by atoms with van der Waals surface area (Å²) < 4.78 is 5.89. The van der Waals surface area contributed by atoms with Gasteiger partial charge in [0.1, 0.15) is 12.2 Å². The molecule has 4 unspecified atom stereocenters. The topological polar surface area (TPSA) is 82.0 Å². The lowest BCUT2D eigenvalue weighted by Crippen LogP contribution is -2.52. The van der Waals surface area contributed by atoms with E-state index in [1.807, 2.05) is 23.6 Å². The first-order chi connectivity index (χ1) is 13.2. The van der Waals surface area contributed by atoms with Crippen LogP contribution in [-0.4, -0.2) is 65.1 Å². The van der Waals surface area contributed by atoms with Crippen molar-refractivity contribution in [3.8, 4) is 0 Å². The van der Waals surface area contributed by atoms with E-state index < -0.39 is 12.2 Å². The van der Waals surface area contributed by atoms with E-state index in [2.05, 4.69) is 22.3 Å². The summed E-state index contributed by atoms with van der Waals surface area (Å²) in [5.41, 5.74) is 2.59. The Morgan fingerprint density at radius 3 is 2.78 bits per heavy atom. The zero-order valence-corrected chi connectivity index (χ0v) is 15.8. The molecular formula is C20H24N2O4S. The fourth-order valence-corrected chi connectivity index (χ4v) is 4.70. The number of fused-ring (bicyclic) bond motifs is 1. The van der Waals surface area contributed by atoms with Gasteiger partial charge >= 0.3 is 0 Å². The summed E-state index contributed by atoms with van der Waals surface area (Å²) in [6, 6.07) is 11.7. The van der Waals surface area contributed by atoms with Crippen LogP contribution < -0.4 is 5.32 Å². The predicted octanol–water partition coefficient (Wildman–Crippen LogP) is 1.03. The van der Waals surface area contributed by atoms with E-state index in [0.717, 1.165) is 19.5 Å². The van der Waals surface area contributed by atoms with E-state index in [1.165, 1.54) is 22.5 Å². The number of aliphatic hydroxyl groups excluding tert-OH is 2. The molecule has 0 radical (unpaired) electrons. The van der Waals surface area contributed by atoms with Gasteiger partial charge in [-0.3, -0.25) is 9.69 Å². The summed E-state index contributed by atoms with van der Waals surface area (Å²) in [6.07, 6.45) is -0.872. The van der Waals surface area contributed by atoms with E-state index in [0.29, 0.717) is 11.4 Å². The number of thiophene rings is 1. The minimum Gasteiger partial charge on any atom is -0.394 e.